The van der Waals surface area contributed by atoms with Crippen molar-refractivity contribution >= 4 is 23.4 Å². The zero-order chi connectivity index (χ0) is 19.3. The molecule has 1 saturated heterocycles. The molecule has 28 heavy (non-hydrogen) atoms. The van der Waals surface area contributed by atoms with Gasteiger partial charge in [0.05, 0.1) is 0 Å². The van der Waals surface area contributed by atoms with E-state index in [2.05, 4.69) is 17.4 Å². The number of anilines is 1. The van der Waals surface area contributed by atoms with E-state index in [-0.39, 0.29) is 43.5 Å². The first kappa shape index (κ1) is 17.9. The molecule has 0 aromatic heterocycles. The number of rotatable bonds is 5. The third-order valence-electron chi connectivity index (χ3n) is 7.54. The van der Waals surface area contributed by atoms with E-state index in [0.29, 0.717) is 5.41 Å². The van der Waals surface area contributed by atoms with Crippen molar-refractivity contribution in [1.29, 1.82) is 0 Å². The number of carbonyl (C=O) groups excluding carboxylic acids is 3. The van der Waals surface area contributed by atoms with E-state index in [1.807, 2.05) is 12.1 Å². The first-order chi connectivity index (χ1) is 13.5. The van der Waals surface area contributed by atoms with Gasteiger partial charge in [0.1, 0.15) is 0 Å². The van der Waals surface area contributed by atoms with E-state index in [4.69, 9.17) is 0 Å². The van der Waals surface area contributed by atoms with Gasteiger partial charge in [0.2, 0.25) is 17.7 Å². The fourth-order valence-corrected chi connectivity index (χ4v) is 6.68. The molecular weight excluding hydrogens is 352 g/mol. The Morgan fingerprint density at radius 1 is 0.929 bits per heavy atom. The summed E-state index contributed by atoms with van der Waals surface area (Å²) in [5, 5.41) is 2.91. The Morgan fingerprint density at radius 3 is 2.00 bits per heavy atom. The zero-order valence-electron chi connectivity index (χ0n) is 16.3. The van der Waals surface area contributed by atoms with Crippen molar-refractivity contribution in [1.82, 2.24) is 4.90 Å². The molecule has 0 unspecified atom stereocenters. The molecule has 0 spiro atoms. The van der Waals surface area contributed by atoms with Gasteiger partial charge in [0, 0.05) is 31.5 Å². The average Bonchev–Trinajstić information content (AvgIpc) is 2.97. The summed E-state index contributed by atoms with van der Waals surface area (Å²) in [7, 11) is 0. The Hall–Kier alpha value is -2.17. The summed E-state index contributed by atoms with van der Waals surface area (Å²) in [6.45, 7) is 0.175. The number of nitrogens with zero attached hydrogens (tertiary/aromatic N) is 1. The van der Waals surface area contributed by atoms with E-state index in [1.165, 1.54) is 49.0 Å². The Balaban J connectivity index is 1.20. The molecule has 5 fully saturated rings. The molecule has 148 valence electrons. The highest BCUT2D eigenvalue weighted by molar-refractivity contribution is 6.02. The third-order valence-corrected chi connectivity index (χ3v) is 7.54. The van der Waals surface area contributed by atoms with Gasteiger partial charge in [-0.2, -0.15) is 0 Å². The van der Waals surface area contributed by atoms with Crippen molar-refractivity contribution < 1.29 is 14.4 Å². The second-order valence-electron chi connectivity index (χ2n) is 9.51. The minimum Gasteiger partial charge on any atom is -0.326 e. The number of hydrogen-bond donors (Lipinski definition) is 1. The highest BCUT2D eigenvalue weighted by atomic mass is 16.2. The van der Waals surface area contributed by atoms with Crippen LogP contribution in [0.5, 0.6) is 0 Å². The normalized spacial score (nSPS) is 33.6. The topological polar surface area (TPSA) is 66.5 Å². The van der Waals surface area contributed by atoms with Crippen LogP contribution in [0.4, 0.5) is 5.69 Å². The van der Waals surface area contributed by atoms with Crippen LogP contribution in [-0.4, -0.2) is 29.2 Å². The predicted molar refractivity (Wildman–Crippen MR) is 105 cm³/mol. The number of carbonyl (C=O) groups is 3. The van der Waals surface area contributed by atoms with Crippen molar-refractivity contribution in [2.45, 2.75) is 63.2 Å². The molecule has 1 N–H and O–H groups in total. The number of amides is 3. The monoisotopic (exact) mass is 380 g/mol. The highest BCUT2D eigenvalue weighted by Gasteiger charge is 2.51. The Morgan fingerprint density at radius 2 is 1.46 bits per heavy atom. The highest BCUT2D eigenvalue weighted by Crippen LogP contribution is 2.60. The zero-order valence-corrected chi connectivity index (χ0v) is 16.3. The first-order valence-corrected chi connectivity index (χ1v) is 10.7. The standard InChI is InChI=1S/C23H28N2O3/c26-20(7-8-25-21(27)5-6-22(25)28)24-19-3-1-18(2-4-19)23-12-15-9-16(13-23)11-17(10-15)14-23/h1-4,15-17H,5-14H2,(H,24,26). The van der Waals surface area contributed by atoms with Crippen molar-refractivity contribution in [2.75, 3.05) is 11.9 Å². The SMILES string of the molecule is O=C(CCN1C(=O)CCC1=O)Nc1ccc(C23CC4CC(CC(C4)C2)C3)cc1. The van der Waals surface area contributed by atoms with E-state index in [1.54, 1.807) is 0 Å². The van der Waals surface area contributed by atoms with Crippen LogP contribution in [-0.2, 0) is 19.8 Å². The molecule has 1 heterocycles. The quantitative estimate of drug-likeness (QED) is 0.793. The molecule has 1 aliphatic heterocycles. The molecule has 5 heteroatoms. The second-order valence-corrected chi connectivity index (χ2v) is 9.51. The Kier molecular flexibility index (Phi) is 4.29. The van der Waals surface area contributed by atoms with Gasteiger partial charge in [-0.15, -0.1) is 0 Å². The average molecular weight is 380 g/mol. The molecule has 5 aliphatic rings. The van der Waals surface area contributed by atoms with E-state index < -0.39 is 0 Å². The van der Waals surface area contributed by atoms with Crippen LogP contribution in [0.1, 0.15) is 63.4 Å². The molecule has 0 atom stereocenters. The van der Waals surface area contributed by atoms with Crippen LogP contribution in [0.2, 0.25) is 0 Å². The fraction of sp³-hybridized carbons (Fsp3) is 0.609. The lowest BCUT2D eigenvalue weighted by Crippen LogP contribution is -2.48. The molecule has 1 aromatic carbocycles. The maximum absolute atomic E-state index is 12.2. The summed E-state index contributed by atoms with van der Waals surface area (Å²) in [5.41, 5.74) is 2.60. The fourth-order valence-electron chi connectivity index (χ4n) is 6.68. The van der Waals surface area contributed by atoms with Gasteiger partial charge in [0.15, 0.2) is 0 Å². The summed E-state index contributed by atoms with van der Waals surface area (Å²) in [6, 6.07) is 8.43. The van der Waals surface area contributed by atoms with Crippen LogP contribution >= 0.6 is 0 Å². The van der Waals surface area contributed by atoms with Gasteiger partial charge in [-0.05, 0) is 79.4 Å². The summed E-state index contributed by atoms with van der Waals surface area (Å²) >= 11 is 0. The van der Waals surface area contributed by atoms with Crippen LogP contribution in [0.15, 0.2) is 24.3 Å². The van der Waals surface area contributed by atoms with Gasteiger partial charge in [0.25, 0.3) is 0 Å². The van der Waals surface area contributed by atoms with E-state index >= 15 is 0 Å². The molecule has 0 radical (unpaired) electrons. The lowest BCUT2D eigenvalue weighted by molar-refractivity contribution is -0.138. The van der Waals surface area contributed by atoms with Crippen molar-refractivity contribution in [3.63, 3.8) is 0 Å². The van der Waals surface area contributed by atoms with Crippen LogP contribution in [0.25, 0.3) is 0 Å². The number of benzene rings is 1. The maximum atomic E-state index is 12.2. The summed E-state index contributed by atoms with van der Waals surface area (Å²) < 4.78 is 0. The summed E-state index contributed by atoms with van der Waals surface area (Å²) in [5.74, 6) is 2.26. The molecule has 5 nitrogen and oxygen atoms in total. The molecule has 4 aliphatic carbocycles. The molecule has 4 saturated carbocycles. The lowest BCUT2D eigenvalue weighted by atomic mass is 9.48. The molecule has 1 aromatic rings. The van der Waals surface area contributed by atoms with Gasteiger partial charge >= 0.3 is 0 Å². The minimum atomic E-state index is -0.169. The van der Waals surface area contributed by atoms with Crippen molar-refractivity contribution in [3.8, 4) is 0 Å². The van der Waals surface area contributed by atoms with Crippen LogP contribution in [0.3, 0.4) is 0 Å². The number of hydrogen-bond acceptors (Lipinski definition) is 3. The van der Waals surface area contributed by atoms with Crippen molar-refractivity contribution in [3.05, 3.63) is 29.8 Å². The van der Waals surface area contributed by atoms with Gasteiger partial charge in [-0.1, -0.05) is 12.1 Å². The first-order valence-electron chi connectivity index (χ1n) is 10.7. The molecular formula is C23H28N2O3. The van der Waals surface area contributed by atoms with Crippen molar-refractivity contribution in [2.24, 2.45) is 17.8 Å². The smallest absolute Gasteiger partial charge is 0.229 e. The lowest BCUT2D eigenvalue weighted by Gasteiger charge is -2.57. The van der Waals surface area contributed by atoms with Gasteiger partial charge < -0.3 is 5.32 Å². The van der Waals surface area contributed by atoms with Crippen LogP contribution < -0.4 is 5.32 Å². The van der Waals surface area contributed by atoms with E-state index in [9.17, 15) is 14.4 Å². The largest absolute Gasteiger partial charge is 0.326 e. The second kappa shape index (κ2) is 6.71. The van der Waals surface area contributed by atoms with E-state index in [0.717, 1.165) is 23.4 Å². The molecule has 6 rings (SSSR count). The van der Waals surface area contributed by atoms with Gasteiger partial charge in [-0.3, -0.25) is 19.3 Å². The Labute approximate surface area is 165 Å². The van der Waals surface area contributed by atoms with Crippen LogP contribution in [0, 0.1) is 17.8 Å². The maximum Gasteiger partial charge on any atom is 0.229 e. The minimum absolute atomic E-state index is 0.147. The van der Waals surface area contributed by atoms with Gasteiger partial charge in [-0.25, -0.2) is 0 Å². The number of nitrogens with one attached hydrogen (secondary N) is 1. The number of likely N-dealkylation sites (tertiary alicyclic amines) is 1. The Bertz CT molecular complexity index is 762. The summed E-state index contributed by atoms with van der Waals surface area (Å²) in [4.78, 5) is 36.7. The summed E-state index contributed by atoms with van der Waals surface area (Å²) in [6.07, 6.45) is 9.01. The number of imide groups is 1. The molecule has 4 bridgehead atoms. The predicted octanol–water partition coefficient (Wildman–Crippen LogP) is 3.63. The molecule has 3 amide bonds. The third kappa shape index (κ3) is 3.15.